The van der Waals surface area contributed by atoms with E-state index in [0.717, 1.165) is 26.9 Å². The molecule has 0 amide bonds. The SMILES string of the molecule is Cc1cc(C)cc(OC[C@H](O)Cn2nnc(-c3ccc(Br)cc3)n2)c1. The second kappa shape index (κ2) is 7.76. The summed E-state index contributed by atoms with van der Waals surface area (Å²) < 4.78 is 6.65. The van der Waals surface area contributed by atoms with Crippen LogP contribution in [-0.4, -0.2) is 38.0 Å². The van der Waals surface area contributed by atoms with Crippen molar-refractivity contribution in [3.05, 3.63) is 58.1 Å². The molecule has 0 aliphatic rings. The molecule has 0 bridgehead atoms. The van der Waals surface area contributed by atoms with Crippen LogP contribution in [0.1, 0.15) is 11.1 Å². The zero-order valence-corrected chi connectivity index (χ0v) is 15.6. The number of aromatic nitrogens is 4. The number of hydrogen-bond acceptors (Lipinski definition) is 5. The van der Waals surface area contributed by atoms with E-state index in [0.29, 0.717) is 5.82 Å². The van der Waals surface area contributed by atoms with Gasteiger partial charge in [0.15, 0.2) is 0 Å². The number of ether oxygens (including phenoxy) is 1. The first-order valence-electron chi connectivity index (χ1n) is 7.92. The van der Waals surface area contributed by atoms with Crippen molar-refractivity contribution in [2.75, 3.05) is 6.61 Å². The van der Waals surface area contributed by atoms with Crippen molar-refractivity contribution in [3.8, 4) is 17.1 Å². The maximum absolute atomic E-state index is 10.2. The third-order valence-corrected chi connectivity index (χ3v) is 4.10. The summed E-state index contributed by atoms with van der Waals surface area (Å²) in [7, 11) is 0. The number of aryl methyl sites for hydroxylation is 2. The van der Waals surface area contributed by atoms with Gasteiger partial charge < -0.3 is 9.84 Å². The molecule has 1 heterocycles. The van der Waals surface area contributed by atoms with Crippen molar-refractivity contribution < 1.29 is 9.84 Å². The molecule has 0 unspecified atom stereocenters. The summed E-state index contributed by atoms with van der Waals surface area (Å²) in [6, 6.07) is 13.6. The summed E-state index contributed by atoms with van der Waals surface area (Å²) in [5, 5.41) is 22.5. The number of aliphatic hydroxyl groups excluding tert-OH is 1. The van der Waals surface area contributed by atoms with Crippen LogP contribution in [0.25, 0.3) is 11.4 Å². The van der Waals surface area contributed by atoms with Gasteiger partial charge in [-0.15, -0.1) is 10.2 Å². The molecule has 0 saturated carbocycles. The number of rotatable bonds is 6. The van der Waals surface area contributed by atoms with Crippen molar-refractivity contribution in [1.29, 1.82) is 0 Å². The van der Waals surface area contributed by atoms with Gasteiger partial charge in [0.1, 0.15) is 18.5 Å². The highest BCUT2D eigenvalue weighted by atomic mass is 79.9. The van der Waals surface area contributed by atoms with Crippen molar-refractivity contribution in [2.45, 2.75) is 26.5 Å². The Labute approximate surface area is 154 Å². The topological polar surface area (TPSA) is 73.1 Å². The minimum atomic E-state index is -0.729. The largest absolute Gasteiger partial charge is 0.491 e. The lowest BCUT2D eigenvalue weighted by Crippen LogP contribution is -2.25. The number of hydrogen-bond donors (Lipinski definition) is 1. The van der Waals surface area contributed by atoms with Crippen LogP contribution in [0.4, 0.5) is 0 Å². The van der Waals surface area contributed by atoms with Gasteiger partial charge in [0, 0.05) is 10.0 Å². The van der Waals surface area contributed by atoms with Crippen LogP contribution in [0, 0.1) is 13.8 Å². The fourth-order valence-electron chi connectivity index (χ4n) is 2.48. The molecular weight excluding hydrogens is 384 g/mol. The van der Waals surface area contributed by atoms with E-state index in [9.17, 15) is 5.11 Å². The van der Waals surface area contributed by atoms with Crippen LogP contribution >= 0.6 is 15.9 Å². The van der Waals surface area contributed by atoms with Crippen LogP contribution in [0.2, 0.25) is 0 Å². The van der Waals surface area contributed by atoms with Gasteiger partial charge in [-0.05, 0) is 66.6 Å². The van der Waals surface area contributed by atoms with Crippen LogP contribution in [0.5, 0.6) is 5.75 Å². The summed E-state index contributed by atoms with van der Waals surface area (Å²) >= 11 is 3.39. The molecule has 0 aliphatic heterocycles. The Hall–Kier alpha value is -2.25. The molecule has 2 aromatic carbocycles. The van der Waals surface area contributed by atoms with Crippen molar-refractivity contribution in [1.82, 2.24) is 20.2 Å². The van der Waals surface area contributed by atoms with E-state index in [4.69, 9.17) is 4.74 Å². The molecule has 7 heteroatoms. The number of nitrogens with zero attached hydrogens (tertiary/aromatic N) is 4. The summed E-state index contributed by atoms with van der Waals surface area (Å²) in [5.41, 5.74) is 3.12. The van der Waals surface area contributed by atoms with Gasteiger partial charge in [-0.1, -0.05) is 22.0 Å². The molecular formula is C18H19BrN4O2. The van der Waals surface area contributed by atoms with E-state index >= 15 is 0 Å². The first kappa shape index (κ1) is 17.6. The summed E-state index contributed by atoms with van der Waals surface area (Å²) in [6.07, 6.45) is -0.729. The zero-order chi connectivity index (χ0) is 17.8. The minimum Gasteiger partial charge on any atom is -0.491 e. The highest BCUT2D eigenvalue weighted by Crippen LogP contribution is 2.18. The summed E-state index contributed by atoms with van der Waals surface area (Å²) in [5.74, 6) is 1.27. The Kier molecular flexibility index (Phi) is 5.45. The van der Waals surface area contributed by atoms with Crippen LogP contribution in [-0.2, 0) is 6.54 Å². The van der Waals surface area contributed by atoms with E-state index in [1.165, 1.54) is 4.80 Å². The van der Waals surface area contributed by atoms with Gasteiger partial charge >= 0.3 is 0 Å². The number of halogens is 1. The van der Waals surface area contributed by atoms with Crippen LogP contribution in [0.3, 0.4) is 0 Å². The number of benzene rings is 2. The van der Waals surface area contributed by atoms with Gasteiger partial charge in [-0.25, -0.2) is 0 Å². The Morgan fingerprint density at radius 3 is 2.48 bits per heavy atom. The molecule has 3 rings (SSSR count). The number of tetrazole rings is 1. The fourth-order valence-corrected chi connectivity index (χ4v) is 2.75. The number of aliphatic hydroxyl groups is 1. The smallest absolute Gasteiger partial charge is 0.204 e. The lowest BCUT2D eigenvalue weighted by Gasteiger charge is -2.12. The highest BCUT2D eigenvalue weighted by molar-refractivity contribution is 9.10. The van der Waals surface area contributed by atoms with E-state index in [2.05, 4.69) is 37.4 Å². The molecule has 0 radical (unpaired) electrons. The molecule has 3 aromatic rings. The van der Waals surface area contributed by atoms with Crippen molar-refractivity contribution in [2.24, 2.45) is 0 Å². The predicted molar refractivity (Wildman–Crippen MR) is 98.4 cm³/mol. The van der Waals surface area contributed by atoms with Crippen molar-refractivity contribution >= 4 is 15.9 Å². The molecule has 1 atom stereocenters. The lowest BCUT2D eigenvalue weighted by atomic mass is 10.1. The lowest BCUT2D eigenvalue weighted by molar-refractivity contribution is 0.0849. The third kappa shape index (κ3) is 4.87. The van der Waals surface area contributed by atoms with E-state index in [-0.39, 0.29) is 13.2 Å². The van der Waals surface area contributed by atoms with Crippen LogP contribution in [0.15, 0.2) is 46.9 Å². The molecule has 6 nitrogen and oxygen atoms in total. The molecule has 0 spiro atoms. The Balaban J connectivity index is 1.58. The second-order valence-electron chi connectivity index (χ2n) is 5.96. The summed E-state index contributed by atoms with van der Waals surface area (Å²) in [6.45, 7) is 4.41. The average molecular weight is 403 g/mol. The third-order valence-electron chi connectivity index (χ3n) is 3.57. The van der Waals surface area contributed by atoms with E-state index in [1.807, 2.05) is 50.2 Å². The molecule has 0 saturated heterocycles. The van der Waals surface area contributed by atoms with Gasteiger partial charge in [0.25, 0.3) is 0 Å². The van der Waals surface area contributed by atoms with Gasteiger partial charge in [0.2, 0.25) is 5.82 Å². The maximum Gasteiger partial charge on any atom is 0.204 e. The molecule has 1 aromatic heterocycles. The Morgan fingerprint density at radius 1 is 1.12 bits per heavy atom. The van der Waals surface area contributed by atoms with E-state index < -0.39 is 6.10 Å². The molecule has 0 aliphatic carbocycles. The van der Waals surface area contributed by atoms with Gasteiger partial charge in [0.05, 0.1) is 6.54 Å². The van der Waals surface area contributed by atoms with Crippen molar-refractivity contribution in [3.63, 3.8) is 0 Å². The molecule has 0 fully saturated rings. The minimum absolute atomic E-state index is 0.165. The molecule has 1 N–H and O–H groups in total. The average Bonchev–Trinajstić information content (AvgIpc) is 3.01. The standard InChI is InChI=1S/C18H19BrN4O2/c1-12-7-13(2)9-17(8-12)25-11-16(24)10-23-21-18(20-22-23)14-3-5-15(19)6-4-14/h3-9,16,24H,10-11H2,1-2H3/t16-/m1/s1. The normalized spacial score (nSPS) is 12.2. The zero-order valence-electron chi connectivity index (χ0n) is 14.1. The quantitative estimate of drug-likeness (QED) is 0.685. The highest BCUT2D eigenvalue weighted by Gasteiger charge is 2.11. The second-order valence-corrected chi connectivity index (χ2v) is 6.88. The maximum atomic E-state index is 10.2. The fraction of sp³-hybridized carbons (Fsp3) is 0.278. The molecule has 25 heavy (non-hydrogen) atoms. The van der Waals surface area contributed by atoms with E-state index in [1.54, 1.807) is 0 Å². The van der Waals surface area contributed by atoms with Gasteiger partial charge in [-0.2, -0.15) is 4.80 Å². The summed E-state index contributed by atoms with van der Waals surface area (Å²) in [4.78, 5) is 1.38. The van der Waals surface area contributed by atoms with Gasteiger partial charge in [-0.3, -0.25) is 0 Å². The first-order chi connectivity index (χ1) is 12.0. The first-order valence-corrected chi connectivity index (χ1v) is 8.72. The monoisotopic (exact) mass is 402 g/mol. The van der Waals surface area contributed by atoms with Crippen LogP contribution < -0.4 is 4.74 Å². The Morgan fingerprint density at radius 2 is 1.80 bits per heavy atom. The molecule has 130 valence electrons. The Bertz CT molecular complexity index is 828. The predicted octanol–water partition coefficient (Wildman–Crippen LogP) is 3.16.